The van der Waals surface area contributed by atoms with Crippen molar-refractivity contribution in [3.05, 3.63) is 60.7 Å². The largest absolute Gasteiger partial charge is 0.395 e. The zero-order chi connectivity index (χ0) is 16.1. The smallest absolute Gasteiger partial charge is 0.222 e. The standard InChI is InChI=1S/C14H10.C6H11NO2/c1-2-6-12-10-14-8-4-3-7-13(14)9-11(12)5-1;8-5-4-7-3-1-2-6(7)9/h1-10H;8H,1-5H2. The molecule has 0 saturated carbocycles. The van der Waals surface area contributed by atoms with Crippen LogP contribution in [0.2, 0.25) is 0 Å². The summed E-state index contributed by atoms with van der Waals surface area (Å²) in [6.07, 6.45) is 1.62. The van der Waals surface area contributed by atoms with E-state index >= 15 is 0 Å². The molecule has 0 spiro atoms. The van der Waals surface area contributed by atoms with E-state index in [-0.39, 0.29) is 12.5 Å². The van der Waals surface area contributed by atoms with Gasteiger partial charge in [-0.2, -0.15) is 0 Å². The van der Waals surface area contributed by atoms with Gasteiger partial charge in [0.2, 0.25) is 5.91 Å². The van der Waals surface area contributed by atoms with Gasteiger partial charge >= 0.3 is 0 Å². The van der Waals surface area contributed by atoms with Gasteiger partial charge in [0, 0.05) is 19.5 Å². The normalized spacial score (nSPS) is 14.1. The third-order valence-corrected chi connectivity index (χ3v) is 4.16. The molecular weight excluding hydrogens is 286 g/mol. The van der Waals surface area contributed by atoms with Gasteiger partial charge in [0.15, 0.2) is 0 Å². The van der Waals surface area contributed by atoms with E-state index in [0.717, 1.165) is 13.0 Å². The summed E-state index contributed by atoms with van der Waals surface area (Å²) in [6.45, 7) is 1.43. The third-order valence-electron chi connectivity index (χ3n) is 4.16. The van der Waals surface area contributed by atoms with Crippen molar-refractivity contribution in [1.29, 1.82) is 0 Å². The number of hydrogen-bond acceptors (Lipinski definition) is 2. The molecule has 1 N–H and O–H groups in total. The Morgan fingerprint density at radius 2 is 1.35 bits per heavy atom. The summed E-state index contributed by atoms with van der Waals surface area (Å²) in [5, 5.41) is 13.7. The first-order valence-electron chi connectivity index (χ1n) is 8.04. The molecule has 0 unspecified atom stereocenters. The monoisotopic (exact) mass is 307 g/mol. The molecule has 0 aliphatic carbocycles. The molecule has 1 heterocycles. The number of aliphatic hydroxyl groups is 1. The molecule has 3 heteroatoms. The lowest BCUT2D eigenvalue weighted by Crippen LogP contribution is -2.27. The Morgan fingerprint density at radius 1 is 0.870 bits per heavy atom. The number of likely N-dealkylation sites (tertiary alicyclic amines) is 1. The minimum absolute atomic E-state index is 0.0890. The van der Waals surface area contributed by atoms with Crippen LogP contribution in [-0.2, 0) is 4.79 Å². The average Bonchev–Trinajstić information content (AvgIpc) is 2.99. The van der Waals surface area contributed by atoms with Gasteiger partial charge in [-0.05, 0) is 40.1 Å². The van der Waals surface area contributed by atoms with Gasteiger partial charge in [-0.3, -0.25) is 4.79 Å². The highest BCUT2D eigenvalue weighted by atomic mass is 16.3. The van der Waals surface area contributed by atoms with Gasteiger partial charge in [0.25, 0.3) is 0 Å². The molecule has 0 bridgehead atoms. The van der Waals surface area contributed by atoms with Crippen molar-refractivity contribution in [2.45, 2.75) is 12.8 Å². The number of carbonyl (C=O) groups is 1. The van der Waals surface area contributed by atoms with Crippen molar-refractivity contribution < 1.29 is 9.90 Å². The highest BCUT2D eigenvalue weighted by molar-refractivity contribution is 5.98. The molecule has 4 rings (SSSR count). The lowest BCUT2D eigenvalue weighted by atomic mass is 10.0. The number of hydrogen-bond donors (Lipinski definition) is 1. The second-order valence-electron chi connectivity index (χ2n) is 5.75. The molecule has 0 aromatic heterocycles. The second-order valence-corrected chi connectivity index (χ2v) is 5.75. The van der Waals surface area contributed by atoms with Crippen molar-refractivity contribution >= 4 is 27.5 Å². The van der Waals surface area contributed by atoms with Crippen molar-refractivity contribution in [2.24, 2.45) is 0 Å². The van der Waals surface area contributed by atoms with Crippen LogP contribution in [0.1, 0.15) is 12.8 Å². The van der Waals surface area contributed by atoms with E-state index in [2.05, 4.69) is 60.7 Å². The number of benzene rings is 3. The van der Waals surface area contributed by atoms with Crippen LogP contribution in [0.5, 0.6) is 0 Å². The SMILES string of the molecule is O=C1CCCN1CCO.c1ccc2cc3ccccc3cc2c1. The van der Waals surface area contributed by atoms with Crippen LogP contribution in [0.4, 0.5) is 0 Å². The van der Waals surface area contributed by atoms with E-state index in [0.29, 0.717) is 13.0 Å². The van der Waals surface area contributed by atoms with Gasteiger partial charge in [-0.25, -0.2) is 0 Å². The summed E-state index contributed by atoms with van der Waals surface area (Å²) >= 11 is 0. The predicted molar refractivity (Wildman–Crippen MR) is 94.4 cm³/mol. The minimum atomic E-state index is 0.0890. The van der Waals surface area contributed by atoms with E-state index in [1.807, 2.05) is 0 Å². The second kappa shape index (κ2) is 7.25. The Hall–Kier alpha value is -2.39. The zero-order valence-corrected chi connectivity index (χ0v) is 13.1. The van der Waals surface area contributed by atoms with Crippen LogP contribution in [0.25, 0.3) is 21.5 Å². The van der Waals surface area contributed by atoms with Gasteiger partial charge < -0.3 is 10.0 Å². The van der Waals surface area contributed by atoms with Crippen molar-refractivity contribution in [3.63, 3.8) is 0 Å². The number of rotatable bonds is 2. The van der Waals surface area contributed by atoms with Crippen LogP contribution in [0.15, 0.2) is 60.7 Å². The van der Waals surface area contributed by atoms with E-state index in [4.69, 9.17) is 5.11 Å². The summed E-state index contributed by atoms with van der Waals surface area (Å²) in [6, 6.07) is 21.4. The van der Waals surface area contributed by atoms with E-state index in [1.165, 1.54) is 21.5 Å². The van der Waals surface area contributed by atoms with Gasteiger partial charge in [0.05, 0.1) is 6.61 Å². The van der Waals surface area contributed by atoms with Gasteiger partial charge in [-0.15, -0.1) is 0 Å². The fourth-order valence-corrected chi connectivity index (χ4v) is 2.94. The molecule has 1 aliphatic heterocycles. The summed E-state index contributed by atoms with van der Waals surface area (Å²) in [5.74, 6) is 0.184. The number of carbonyl (C=O) groups excluding carboxylic acids is 1. The molecule has 1 amide bonds. The maximum Gasteiger partial charge on any atom is 0.222 e. The van der Waals surface area contributed by atoms with Gasteiger partial charge in [-0.1, -0.05) is 48.5 Å². The molecule has 0 atom stereocenters. The van der Waals surface area contributed by atoms with E-state index in [9.17, 15) is 4.79 Å². The number of fused-ring (bicyclic) bond motifs is 2. The van der Waals surface area contributed by atoms with Crippen LogP contribution in [0, 0.1) is 0 Å². The molecule has 1 saturated heterocycles. The fourth-order valence-electron chi connectivity index (χ4n) is 2.94. The van der Waals surface area contributed by atoms with Crippen LogP contribution >= 0.6 is 0 Å². The average molecular weight is 307 g/mol. The van der Waals surface area contributed by atoms with Crippen LogP contribution < -0.4 is 0 Å². The summed E-state index contributed by atoms with van der Waals surface area (Å²) in [4.78, 5) is 12.5. The molecule has 3 aromatic rings. The lowest BCUT2D eigenvalue weighted by molar-refractivity contribution is -0.128. The lowest BCUT2D eigenvalue weighted by Gasteiger charge is -2.11. The zero-order valence-electron chi connectivity index (χ0n) is 13.1. The molecule has 3 nitrogen and oxygen atoms in total. The Morgan fingerprint density at radius 3 is 1.70 bits per heavy atom. The topological polar surface area (TPSA) is 40.5 Å². The molecule has 1 aliphatic rings. The van der Waals surface area contributed by atoms with Crippen LogP contribution in [0.3, 0.4) is 0 Å². The molecule has 23 heavy (non-hydrogen) atoms. The minimum Gasteiger partial charge on any atom is -0.395 e. The molecule has 3 aromatic carbocycles. The highest BCUT2D eigenvalue weighted by Crippen LogP contribution is 2.22. The van der Waals surface area contributed by atoms with E-state index < -0.39 is 0 Å². The number of β-amino-alcohol motifs (C(OH)–C–C–N with tert-alkyl or cyclic N) is 1. The first-order valence-corrected chi connectivity index (χ1v) is 8.04. The summed E-state index contributed by atoms with van der Waals surface area (Å²) < 4.78 is 0. The number of aliphatic hydroxyl groups excluding tert-OH is 1. The number of amides is 1. The number of nitrogens with zero attached hydrogens (tertiary/aromatic N) is 1. The fraction of sp³-hybridized carbons (Fsp3) is 0.250. The Bertz CT molecular complexity index is 708. The molecule has 1 fully saturated rings. The summed E-state index contributed by atoms with van der Waals surface area (Å²) in [7, 11) is 0. The first kappa shape index (κ1) is 15.5. The predicted octanol–water partition coefficient (Wildman–Crippen LogP) is 3.59. The van der Waals surface area contributed by atoms with Crippen molar-refractivity contribution in [1.82, 2.24) is 4.90 Å². The summed E-state index contributed by atoms with van der Waals surface area (Å²) in [5.41, 5.74) is 0. The third kappa shape index (κ3) is 3.69. The van der Waals surface area contributed by atoms with Gasteiger partial charge in [0.1, 0.15) is 0 Å². The Kier molecular flexibility index (Phi) is 4.89. The quantitative estimate of drug-likeness (QED) is 0.735. The Labute approximate surface area is 136 Å². The van der Waals surface area contributed by atoms with E-state index in [1.54, 1.807) is 4.90 Å². The first-order chi connectivity index (χ1) is 11.3. The molecule has 0 radical (unpaired) electrons. The maximum absolute atomic E-state index is 10.8. The highest BCUT2D eigenvalue weighted by Gasteiger charge is 2.18. The van der Waals surface area contributed by atoms with Crippen molar-refractivity contribution in [3.8, 4) is 0 Å². The molecule has 118 valence electrons. The molecular formula is C20H21NO2. The Balaban J connectivity index is 0.000000151. The van der Waals surface area contributed by atoms with Crippen molar-refractivity contribution in [2.75, 3.05) is 19.7 Å². The van der Waals surface area contributed by atoms with Crippen LogP contribution in [-0.4, -0.2) is 35.6 Å². The maximum atomic E-state index is 10.8.